The Labute approximate surface area is 95.5 Å². The van der Waals surface area contributed by atoms with E-state index in [-0.39, 0.29) is 11.8 Å². The Balaban J connectivity index is 1.98. The molecule has 0 saturated heterocycles. The summed E-state index contributed by atoms with van der Waals surface area (Å²) in [5, 5.41) is 9.36. The van der Waals surface area contributed by atoms with E-state index >= 15 is 0 Å². The molecule has 2 heterocycles. The second-order valence-corrected chi connectivity index (χ2v) is 4.37. The first-order chi connectivity index (χ1) is 7.65. The number of nitrogens with zero attached hydrogens (tertiary/aromatic N) is 2. The Bertz CT molecular complexity index is 580. The Morgan fingerprint density at radius 1 is 1.62 bits per heavy atom. The molecule has 2 N–H and O–H groups in total. The van der Waals surface area contributed by atoms with Crippen molar-refractivity contribution in [2.75, 3.05) is 0 Å². The number of aromatic amines is 1. The number of aromatic nitrogens is 3. The van der Waals surface area contributed by atoms with Gasteiger partial charge in [0.1, 0.15) is 5.82 Å². The Morgan fingerprint density at radius 2 is 2.44 bits per heavy atom. The summed E-state index contributed by atoms with van der Waals surface area (Å²) < 4.78 is 0. The van der Waals surface area contributed by atoms with Crippen LogP contribution in [0.1, 0.15) is 18.2 Å². The zero-order valence-electron chi connectivity index (χ0n) is 8.14. The lowest BCUT2D eigenvalue weighted by atomic mass is 10.3. The van der Waals surface area contributed by atoms with Crippen LogP contribution in [0.25, 0.3) is 11.2 Å². The minimum atomic E-state index is -0.767. The highest BCUT2D eigenvalue weighted by molar-refractivity contribution is 6.31. The van der Waals surface area contributed by atoms with Crippen molar-refractivity contribution in [1.29, 1.82) is 0 Å². The number of rotatable bonds is 2. The fourth-order valence-corrected chi connectivity index (χ4v) is 2.00. The first-order valence-electron chi connectivity index (χ1n) is 4.89. The van der Waals surface area contributed by atoms with E-state index < -0.39 is 5.97 Å². The van der Waals surface area contributed by atoms with Crippen LogP contribution in [0.15, 0.2) is 12.3 Å². The predicted octanol–water partition coefficient (Wildman–Crippen LogP) is 1.80. The number of carbonyl (C=O) groups is 1. The van der Waals surface area contributed by atoms with E-state index in [1.165, 1.54) is 6.20 Å². The number of halogens is 1. The molecule has 1 aliphatic carbocycles. The van der Waals surface area contributed by atoms with E-state index in [1.54, 1.807) is 6.07 Å². The van der Waals surface area contributed by atoms with Gasteiger partial charge in [0.15, 0.2) is 5.65 Å². The monoisotopic (exact) mass is 237 g/mol. The molecule has 82 valence electrons. The largest absolute Gasteiger partial charge is 0.481 e. The number of carboxylic acid groups (broad SMARTS) is 1. The highest BCUT2D eigenvalue weighted by Crippen LogP contribution is 2.46. The fraction of sp³-hybridized carbons (Fsp3) is 0.300. The number of aliphatic carboxylic acids is 1. The second kappa shape index (κ2) is 3.18. The van der Waals surface area contributed by atoms with E-state index in [9.17, 15) is 4.79 Å². The van der Waals surface area contributed by atoms with Gasteiger partial charge in [0.2, 0.25) is 0 Å². The molecule has 3 rings (SSSR count). The molecule has 1 aliphatic rings. The average Bonchev–Trinajstić information content (AvgIpc) is 2.93. The van der Waals surface area contributed by atoms with Gasteiger partial charge in [-0.3, -0.25) is 4.79 Å². The number of imidazole rings is 1. The molecule has 0 radical (unpaired) electrons. The van der Waals surface area contributed by atoms with Gasteiger partial charge in [-0.15, -0.1) is 0 Å². The molecular formula is C10H8ClN3O2. The summed E-state index contributed by atoms with van der Waals surface area (Å²) in [6, 6.07) is 1.73. The Kier molecular flexibility index (Phi) is 1.91. The molecule has 0 spiro atoms. The predicted molar refractivity (Wildman–Crippen MR) is 57.4 cm³/mol. The van der Waals surface area contributed by atoms with Crippen LogP contribution in [0.3, 0.4) is 0 Å². The number of pyridine rings is 1. The molecular weight excluding hydrogens is 230 g/mol. The van der Waals surface area contributed by atoms with Crippen molar-refractivity contribution in [2.24, 2.45) is 5.92 Å². The molecule has 0 unspecified atom stereocenters. The number of hydrogen-bond donors (Lipinski definition) is 2. The number of fused-ring (bicyclic) bond motifs is 1. The van der Waals surface area contributed by atoms with Gasteiger partial charge in [-0.2, -0.15) is 0 Å². The van der Waals surface area contributed by atoms with Crippen molar-refractivity contribution < 1.29 is 9.90 Å². The van der Waals surface area contributed by atoms with Crippen molar-refractivity contribution in [3.63, 3.8) is 0 Å². The topological polar surface area (TPSA) is 78.9 Å². The molecule has 16 heavy (non-hydrogen) atoms. The van der Waals surface area contributed by atoms with Crippen LogP contribution in [0.4, 0.5) is 0 Å². The molecule has 2 aromatic rings. The van der Waals surface area contributed by atoms with Gasteiger partial charge in [0, 0.05) is 12.1 Å². The lowest BCUT2D eigenvalue weighted by molar-refractivity contribution is -0.138. The van der Waals surface area contributed by atoms with Crippen LogP contribution in [-0.4, -0.2) is 26.0 Å². The zero-order chi connectivity index (χ0) is 11.3. The highest BCUT2D eigenvalue weighted by Gasteiger charge is 2.46. The minimum absolute atomic E-state index is 0.00882. The molecule has 0 aliphatic heterocycles. The average molecular weight is 238 g/mol. The van der Waals surface area contributed by atoms with Gasteiger partial charge in [-0.05, 0) is 12.5 Å². The smallest absolute Gasteiger partial charge is 0.307 e. The Hall–Kier alpha value is -1.62. The summed E-state index contributed by atoms with van der Waals surface area (Å²) in [6.07, 6.45) is 2.17. The summed E-state index contributed by atoms with van der Waals surface area (Å²) >= 11 is 5.80. The van der Waals surface area contributed by atoms with Crippen molar-refractivity contribution in [1.82, 2.24) is 15.0 Å². The third kappa shape index (κ3) is 1.44. The quantitative estimate of drug-likeness (QED) is 0.835. The summed E-state index contributed by atoms with van der Waals surface area (Å²) in [5.74, 6) is -0.393. The highest BCUT2D eigenvalue weighted by atomic mass is 35.5. The lowest BCUT2D eigenvalue weighted by Gasteiger charge is -1.89. The summed E-state index contributed by atoms with van der Waals surface area (Å²) in [7, 11) is 0. The van der Waals surface area contributed by atoms with Gasteiger partial charge in [-0.25, -0.2) is 9.97 Å². The summed E-state index contributed by atoms with van der Waals surface area (Å²) in [6.45, 7) is 0. The molecule has 6 heteroatoms. The van der Waals surface area contributed by atoms with Gasteiger partial charge in [0.05, 0.1) is 16.5 Å². The fourth-order valence-electron chi connectivity index (χ4n) is 1.84. The second-order valence-electron chi connectivity index (χ2n) is 3.93. The van der Waals surface area contributed by atoms with Crippen LogP contribution >= 0.6 is 11.6 Å². The van der Waals surface area contributed by atoms with Gasteiger partial charge in [0.25, 0.3) is 0 Å². The molecule has 1 fully saturated rings. The van der Waals surface area contributed by atoms with Crippen molar-refractivity contribution in [3.8, 4) is 0 Å². The van der Waals surface area contributed by atoms with E-state index in [4.69, 9.17) is 16.7 Å². The van der Waals surface area contributed by atoms with Crippen molar-refractivity contribution in [3.05, 3.63) is 23.1 Å². The molecule has 0 bridgehead atoms. The molecule has 5 nitrogen and oxygen atoms in total. The molecule has 2 atom stereocenters. The van der Waals surface area contributed by atoms with E-state index in [0.29, 0.717) is 22.9 Å². The van der Waals surface area contributed by atoms with Crippen LogP contribution in [0, 0.1) is 5.92 Å². The molecule has 2 aromatic heterocycles. The van der Waals surface area contributed by atoms with Gasteiger partial charge < -0.3 is 10.1 Å². The number of H-pyrrole nitrogens is 1. The van der Waals surface area contributed by atoms with E-state index in [1.807, 2.05) is 0 Å². The SMILES string of the molecule is O=C(O)[C@@H]1C[C@H]1c1nc2ncc(Cl)cc2[nH]1. The third-order valence-corrected chi connectivity index (χ3v) is 2.99. The first-order valence-corrected chi connectivity index (χ1v) is 5.27. The normalized spacial score (nSPS) is 23.6. The molecule has 1 saturated carbocycles. The standard InChI is InChI=1S/C10H8ClN3O2/c11-4-1-7-9(12-3-4)14-8(13-7)5-2-6(5)10(15)16/h1,3,5-6H,2H2,(H,15,16)(H,12,13,14)/t5-,6-/m1/s1. The first kappa shape index (κ1) is 9.59. The summed E-state index contributed by atoms with van der Waals surface area (Å²) in [5.41, 5.74) is 1.33. The Morgan fingerprint density at radius 3 is 3.12 bits per heavy atom. The van der Waals surface area contributed by atoms with E-state index in [0.717, 1.165) is 5.52 Å². The molecule has 0 aromatic carbocycles. The van der Waals surface area contributed by atoms with Crippen LogP contribution < -0.4 is 0 Å². The number of carboxylic acids is 1. The molecule has 0 amide bonds. The maximum Gasteiger partial charge on any atom is 0.307 e. The number of hydrogen-bond acceptors (Lipinski definition) is 3. The third-order valence-electron chi connectivity index (χ3n) is 2.78. The summed E-state index contributed by atoms with van der Waals surface area (Å²) in [4.78, 5) is 22.1. The maximum absolute atomic E-state index is 10.7. The van der Waals surface area contributed by atoms with Crippen molar-refractivity contribution >= 4 is 28.7 Å². The lowest BCUT2D eigenvalue weighted by Crippen LogP contribution is -1.99. The zero-order valence-corrected chi connectivity index (χ0v) is 8.90. The van der Waals surface area contributed by atoms with Crippen LogP contribution in [0.2, 0.25) is 5.02 Å². The van der Waals surface area contributed by atoms with Crippen molar-refractivity contribution in [2.45, 2.75) is 12.3 Å². The minimum Gasteiger partial charge on any atom is -0.481 e. The number of nitrogens with one attached hydrogen (secondary N) is 1. The van der Waals surface area contributed by atoms with Crippen LogP contribution in [0.5, 0.6) is 0 Å². The van der Waals surface area contributed by atoms with Gasteiger partial charge in [-0.1, -0.05) is 11.6 Å². The maximum atomic E-state index is 10.7. The van der Waals surface area contributed by atoms with Crippen LogP contribution in [-0.2, 0) is 4.79 Å². The van der Waals surface area contributed by atoms with E-state index in [2.05, 4.69) is 15.0 Å². The van der Waals surface area contributed by atoms with Gasteiger partial charge >= 0.3 is 5.97 Å².